The molecule has 0 aliphatic rings. The minimum atomic E-state index is -2.64. The second-order valence-electron chi connectivity index (χ2n) is 2.83. The molecule has 88 valence electrons. The molecular weight excluding hydrogens is 222 g/mol. The number of hydrogen-bond donors (Lipinski definition) is 2. The zero-order valence-corrected chi connectivity index (χ0v) is 8.30. The summed E-state index contributed by atoms with van der Waals surface area (Å²) in [5.41, 5.74) is -2.64. The van der Waals surface area contributed by atoms with E-state index in [1.54, 1.807) is 0 Å². The van der Waals surface area contributed by atoms with Gasteiger partial charge in [-0.25, -0.2) is 4.79 Å². The van der Waals surface area contributed by atoms with Crippen LogP contribution in [0.25, 0.3) is 0 Å². The quantitative estimate of drug-likeness (QED) is 0.444. The number of carbonyl (C=O) groups excluding carboxylic acids is 2. The van der Waals surface area contributed by atoms with Crippen LogP contribution in [0.5, 0.6) is 0 Å². The number of carboxylic acid groups (broad SMARTS) is 1. The van der Waals surface area contributed by atoms with Crippen LogP contribution in [-0.4, -0.2) is 40.8 Å². The van der Waals surface area contributed by atoms with E-state index in [0.29, 0.717) is 0 Å². The van der Waals surface area contributed by atoms with Crippen molar-refractivity contribution in [3.05, 3.63) is 0 Å². The van der Waals surface area contributed by atoms with Crippen molar-refractivity contribution in [3.63, 3.8) is 0 Å². The summed E-state index contributed by atoms with van der Waals surface area (Å²) in [6.45, 7) is 0. The van der Waals surface area contributed by atoms with E-state index >= 15 is 0 Å². The summed E-state index contributed by atoms with van der Waals surface area (Å²) in [5.74, 6) is -4.04. The third-order valence-electron chi connectivity index (χ3n) is 1.66. The normalized spacial score (nSPS) is 13.1. The van der Waals surface area contributed by atoms with Crippen molar-refractivity contribution in [2.24, 2.45) is 0 Å². The molecule has 0 aliphatic carbocycles. The van der Waals surface area contributed by atoms with Crippen LogP contribution in [0.4, 0.5) is 0 Å². The second-order valence-corrected chi connectivity index (χ2v) is 2.83. The molecular formula is C8H9NO7. The number of aliphatic hydroxyl groups is 1. The molecule has 1 unspecified atom stereocenters. The Kier molecular flexibility index (Phi) is 4.91. The summed E-state index contributed by atoms with van der Waals surface area (Å²) in [4.78, 5) is 32.3. The van der Waals surface area contributed by atoms with Crippen LogP contribution < -0.4 is 0 Å². The summed E-state index contributed by atoms with van der Waals surface area (Å²) in [5, 5.41) is 26.1. The van der Waals surface area contributed by atoms with E-state index in [2.05, 4.69) is 9.47 Å². The molecule has 0 fully saturated rings. The maximum atomic E-state index is 10.8. The first-order chi connectivity index (χ1) is 7.35. The minimum Gasteiger partial charge on any atom is -0.479 e. The van der Waals surface area contributed by atoms with Gasteiger partial charge < -0.3 is 19.7 Å². The zero-order valence-electron chi connectivity index (χ0n) is 8.30. The van der Waals surface area contributed by atoms with Gasteiger partial charge in [0.1, 0.15) is 0 Å². The minimum absolute atomic E-state index is 0.917. The highest BCUT2D eigenvalue weighted by molar-refractivity contribution is 5.89. The molecule has 2 N–H and O–H groups in total. The van der Waals surface area contributed by atoms with Gasteiger partial charge in [0, 0.05) is 0 Å². The van der Waals surface area contributed by atoms with Crippen LogP contribution in [0.1, 0.15) is 12.8 Å². The fourth-order valence-corrected chi connectivity index (χ4v) is 0.850. The van der Waals surface area contributed by atoms with E-state index in [0.717, 1.165) is 13.4 Å². The number of methoxy groups -OCH3 is 1. The SMILES string of the molecule is COC(=O)CC(O)(CC(=O)OC#N)C(=O)O. The maximum absolute atomic E-state index is 10.8. The molecule has 0 heterocycles. The molecule has 0 aromatic heterocycles. The van der Waals surface area contributed by atoms with Gasteiger partial charge >= 0.3 is 17.9 Å². The van der Waals surface area contributed by atoms with Gasteiger partial charge in [0.2, 0.25) is 0 Å². The summed E-state index contributed by atoms with van der Waals surface area (Å²) in [6, 6.07) is 0. The van der Waals surface area contributed by atoms with Crippen molar-refractivity contribution in [2.75, 3.05) is 7.11 Å². The van der Waals surface area contributed by atoms with Gasteiger partial charge in [-0.05, 0) is 0 Å². The number of esters is 2. The Morgan fingerprint density at radius 3 is 2.19 bits per heavy atom. The van der Waals surface area contributed by atoms with Crippen molar-refractivity contribution in [1.82, 2.24) is 0 Å². The van der Waals surface area contributed by atoms with Crippen molar-refractivity contribution in [2.45, 2.75) is 18.4 Å². The molecule has 0 amide bonds. The molecule has 8 heteroatoms. The Hall–Kier alpha value is -2.14. The van der Waals surface area contributed by atoms with Crippen LogP contribution in [0.15, 0.2) is 0 Å². The van der Waals surface area contributed by atoms with Crippen molar-refractivity contribution >= 4 is 17.9 Å². The van der Waals surface area contributed by atoms with E-state index in [1.165, 1.54) is 0 Å². The standard InChI is InChI=1S/C8H9NO7/c1-15-5(10)2-8(14,7(12)13)3-6(11)16-4-9/h14H,2-3H2,1H3,(H,12,13). The largest absolute Gasteiger partial charge is 0.479 e. The number of ether oxygens (including phenoxy) is 2. The molecule has 0 radical (unpaired) electrons. The van der Waals surface area contributed by atoms with Crippen molar-refractivity contribution in [3.8, 4) is 6.26 Å². The lowest BCUT2D eigenvalue weighted by molar-refractivity contribution is -0.171. The molecule has 1 atom stereocenters. The Morgan fingerprint density at radius 2 is 1.81 bits per heavy atom. The third-order valence-corrected chi connectivity index (χ3v) is 1.66. The van der Waals surface area contributed by atoms with Gasteiger partial charge in [-0.3, -0.25) is 9.59 Å². The number of aliphatic carboxylic acids is 1. The summed E-state index contributed by atoms with van der Waals surface area (Å²) in [6.07, 6.45) is -0.914. The van der Waals surface area contributed by atoms with Crippen LogP contribution in [0.3, 0.4) is 0 Å². The highest BCUT2D eigenvalue weighted by Gasteiger charge is 2.41. The maximum Gasteiger partial charge on any atom is 0.336 e. The number of carbonyl (C=O) groups is 3. The van der Waals surface area contributed by atoms with E-state index < -0.39 is 36.4 Å². The summed E-state index contributed by atoms with van der Waals surface area (Å²) < 4.78 is 7.95. The highest BCUT2D eigenvalue weighted by atomic mass is 16.5. The lowest BCUT2D eigenvalue weighted by Gasteiger charge is -2.19. The first-order valence-corrected chi connectivity index (χ1v) is 3.97. The van der Waals surface area contributed by atoms with Gasteiger partial charge in [0.15, 0.2) is 5.60 Å². The predicted molar refractivity (Wildman–Crippen MR) is 45.5 cm³/mol. The van der Waals surface area contributed by atoms with Gasteiger partial charge in [0.25, 0.3) is 6.26 Å². The smallest absolute Gasteiger partial charge is 0.336 e. The number of rotatable bonds is 5. The van der Waals surface area contributed by atoms with E-state index in [1.807, 2.05) is 0 Å². The molecule has 0 aromatic carbocycles. The highest BCUT2D eigenvalue weighted by Crippen LogP contribution is 2.17. The van der Waals surface area contributed by atoms with Gasteiger partial charge in [-0.15, -0.1) is 5.26 Å². The molecule has 0 rings (SSSR count). The third kappa shape index (κ3) is 3.93. The lowest BCUT2D eigenvalue weighted by atomic mass is 9.96. The van der Waals surface area contributed by atoms with E-state index in [9.17, 15) is 19.5 Å². The molecule has 0 saturated carbocycles. The summed E-state index contributed by atoms with van der Waals surface area (Å²) in [7, 11) is 0.998. The van der Waals surface area contributed by atoms with Gasteiger partial charge in [-0.2, -0.15) is 0 Å². The van der Waals surface area contributed by atoms with Crippen molar-refractivity contribution in [1.29, 1.82) is 5.26 Å². The Morgan fingerprint density at radius 1 is 1.31 bits per heavy atom. The number of carboxylic acids is 1. The van der Waals surface area contributed by atoms with E-state index in [4.69, 9.17) is 10.4 Å². The topological polar surface area (TPSA) is 134 Å². The van der Waals surface area contributed by atoms with Crippen LogP contribution in [0.2, 0.25) is 0 Å². The van der Waals surface area contributed by atoms with Crippen LogP contribution in [-0.2, 0) is 23.9 Å². The predicted octanol–water partition coefficient (Wildman–Crippen LogP) is -1.22. The molecule has 0 bridgehead atoms. The number of nitrogens with zero attached hydrogens (tertiary/aromatic N) is 1. The van der Waals surface area contributed by atoms with Crippen molar-refractivity contribution < 1.29 is 34.1 Å². The molecule has 0 spiro atoms. The Balaban J connectivity index is 4.71. The fraction of sp³-hybridized carbons (Fsp3) is 0.500. The van der Waals surface area contributed by atoms with E-state index in [-0.39, 0.29) is 0 Å². The number of nitriles is 1. The monoisotopic (exact) mass is 231 g/mol. The Bertz CT molecular complexity index is 345. The first kappa shape index (κ1) is 13.9. The molecule has 16 heavy (non-hydrogen) atoms. The molecule has 0 saturated heterocycles. The number of hydrogen-bond acceptors (Lipinski definition) is 7. The zero-order chi connectivity index (χ0) is 12.8. The fourth-order valence-electron chi connectivity index (χ4n) is 0.850. The lowest BCUT2D eigenvalue weighted by Crippen LogP contribution is -2.43. The average molecular weight is 231 g/mol. The molecule has 0 aliphatic heterocycles. The van der Waals surface area contributed by atoms with Crippen LogP contribution >= 0.6 is 0 Å². The summed E-state index contributed by atoms with van der Waals surface area (Å²) >= 11 is 0. The van der Waals surface area contributed by atoms with Gasteiger partial charge in [0.05, 0.1) is 20.0 Å². The van der Waals surface area contributed by atoms with Crippen LogP contribution in [0, 0.1) is 11.5 Å². The second kappa shape index (κ2) is 5.67. The van der Waals surface area contributed by atoms with Gasteiger partial charge in [-0.1, -0.05) is 0 Å². The molecule has 0 aromatic rings. The first-order valence-electron chi connectivity index (χ1n) is 3.97. The average Bonchev–Trinajstić information content (AvgIpc) is 2.17. The Labute approximate surface area is 90.0 Å². The molecule has 8 nitrogen and oxygen atoms in total.